The van der Waals surface area contributed by atoms with Crippen molar-refractivity contribution in [1.29, 1.82) is 5.26 Å². The van der Waals surface area contributed by atoms with E-state index < -0.39 is 29.4 Å². The summed E-state index contributed by atoms with van der Waals surface area (Å²) in [4.78, 5) is 28.7. The van der Waals surface area contributed by atoms with E-state index in [0.29, 0.717) is 5.01 Å². The molecule has 1 N–H and O–H groups in total. The van der Waals surface area contributed by atoms with Crippen LogP contribution in [0.1, 0.15) is 38.6 Å². The Labute approximate surface area is 144 Å². The summed E-state index contributed by atoms with van der Waals surface area (Å²) in [6, 6.07) is 8.58. The van der Waals surface area contributed by atoms with Gasteiger partial charge in [0.05, 0.1) is 22.3 Å². The molecule has 126 valence electrons. The summed E-state index contributed by atoms with van der Waals surface area (Å²) in [5, 5.41) is 12.3. The first kappa shape index (κ1) is 17.9. The molecule has 0 bridgehead atoms. The van der Waals surface area contributed by atoms with E-state index >= 15 is 0 Å². The smallest absolute Gasteiger partial charge is 0.408 e. The van der Waals surface area contributed by atoms with Crippen LogP contribution in [0.3, 0.4) is 0 Å². The third kappa shape index (κ3) is 4.30. The molecule has 2 aromatic rings. The molecule has 2 rings (SSSR count). The van der Waals surface area contributed by atoms with Crippen LogP contribution in [-0.4, -0.2) is 28.5 Å². The SMILES string of the molecule is CC(NC(=O)OC(C)(C)C)C(=O)C(C#N)c1nc2ccccc2s1. The topological polar surface area (TPSA) is 92.1 Å². The zero-order chi connectivity index (χ0) is 17.9. The summed E-state index contributed by atoms with van der Waals surface area (Å²) in [5.41, 5.74) is 0.0902. The van der Waals surface area contributed by atoms with Gasteiger partial charge in [0.2, 0.25) is 0 Å². The molecule has 0 spiro atoms. The fourth-order valence-corrected chi connectivity index (χ4v) is 3.08. The number of fused-ring (bicyclic) bond motifs is 1. The number of amides is 1. The number of nitrogens with zero attached hydrogens (tertiary/aromatic N) is 2. The highest BCUT2D eigenvalue weighted by molar-refractivity contribution is 7.18. The molecule has 6 nitrogen and oxygen atoms in total. The second-order valence-electron chi connectivity index (χ2n) is 6.35. The van der Waals surface area contributed by atoms with E-state index in [0.717, 1.165) is 10.2 Å². The summed E-state index contributed by atoms with van der Waals surface area (Å²) in [7, 11) is 0. The summed E-state index contributed by atoms with van der Waals surface area (Å²) in [6.45, 7) is 6.73. The molecule has 0 saturated carbocycles. The quantitative estimate of drug-likeness (QED) is 0.917. The molecule has 0 aliphatic heterocycles. The van der Waals surface area contributed by atoms with Crippen LogP contribution < -0.4 is 5.32 Å². The van der Waals surface area contributed by atoms with Crippen LogP contribution in [0.2, 0.25) is 0 Å². The van der Waals surface area contributed by atoms with E-state index in [4.69, 9.17) is 4.74 Å². The number of carbonyl (C=O) groups is 2. The number of carbonyl (C=O) groups excluding carboxylic acids is 2. The maximum atomic E-state index is 12.5. The van der Waals surface area contributed by atoms with Crippen molar-refractivity contribution in [3.63, 3.8) is 0 Å². The van der Waals surface area contributed by atoms with Crippen LogP contribution in [0.25, 0.3) is 10.2 Å². The third-order valence-corrected chi connectivity index (χ3v) is 4.23. The molecule has 2 unspecified atom stereocenters. The molecular formula is C17H19N3O3S. The highest BCUT2D eigenvalue weighted by atomic mass is 32.1. The van der Waals surface area contributed by atoms with Crippen molar-refractivity contribution in [2.45, 2.75) is 45.3 Å². The number of rotatable bonds is 4. The Kier molecular flexibility index (Phi) is 5.20. The Hall–Kier alpha value is -2.46. The van der Waals surface area contributed by atoms with Crippen molar-refractivity contribution >= 4 is 33.4 Å². The lowest BCUT2D eigenvalue weighted by molar-refractivity contribution is -0.121. The minimum Gasteiger partial charge on any atom is -0.444 e. The van der Waals surface area contributed by atoms with Gasteiger partial charge in [-0.1, -0.05) is 12.1 Å². The van der Waals surface area contributed by atoms with E-state index in [1.165, 1.54) is 18.3 Å². The monoisotopic (exact) mass is 345 g/mol. The van der Waals surface area contributed by atoms with Crippen molar-refractivity contribution in [2.75, 3.05) is 0 Å². The molecule has 0 aliphatic carbocycles. The molecule has 0 aliphatic rings. The number of Topliss-reactive ketones (excluding diaryl/α,β-unsaturated/α-hetero) is 1. The number of benzene rings is 1. The lowest BCUT2D eigenvalue weighted by Crippen LogP contribution is -2.43. The van der Waals surface area contributed by atoms with Crippen molar-refractivity contribution < 1.29 is 14.3 Å². The minimum atomic E-state index is -1.02. The first-order chi connectivity index (χ1) is 11.2. The fraction of sp³-hybridized carbons (Fsp3) is 0.412. The van der Waals surface area contributed by atoms with Gasteiger partial charge >= 0.3 is 6.09 Å². The third-order valence-electron chi connectivity index (χ3n) is 3.13. The average molecular weight is 345 g/mol. The van der Waals surface area contributed by atoms with Gasteiger partial charge in [-0.3, -0.25) is 4.79 Å². The van der Waals surface area contributed by atoms with Gasteiger partial charge in [0.15, 0.2) is 11.7 Å². The van der Waals surface area contributed by atoms with E-state index in [-0.39, 0.29) is 0 Å². The Morgan fingerprint density at radius 3 is 2.58 bits per heavy atom. The molecule has 7 heteroatoms. The Bertz CT molecular complexity index is 768. The first-order valence-electron chi connectivity index (χ1n) is 7.49. The largest absolute Gasteiger partial charge is 0.444 e. The van der Waals surface area contributed by atoms with Gasteiger partial charge in [-0.25, -0.2) is 9.78 Å². The maximum Gasteiger partial charge on any atom is 0.408 e. The number of para-hydroxylation sites is 1. The van der Waals surface area contributed by atoms with Gasteiger partial charge in [0, 0.05) is 0 Å². The van der Waals surface area contributed by atoms with Crippen LogP contribution in [0.15, 0.2) is 24.3 Å². The molecule has 1 heterocycles. The standard InChI is InChI=1S/C17H19N3O3S/c1-10(19-16(22)23-17(2,3)4)14(21)11(9-18)15-20-12-7-5-6-8-13(12)24-15/h5-8,10-11H,1-4H3,(H,19,22). The number of ether oxygens (including phenoxy) is 1. The molecule has 0 radical (unpaired) electrons. The zero-order valence-electron chi connectivity index (χ0n) is 14.0. The molecule has 0 fully saturated rings. The highest BCUT2D eigenvalue weighted by Gasteiger charge is 2.30. The van der Waals surface area contributed by atoms with Crippen molar-refractivity contribution in [3.05, 3.63) is 29.3 Å². The molecule has 1 aromatic carbocycles. The normalized spacial score (nSPS) is 13.8. The molecular weight excluding hydrogens is 326 g/mol. The van der Waals surface area contributed by atoms with Gasteiger partial charge in [0.25, 0.3) is 0 Å². The Morgan fingerprint density at radius 2 is 2.00 bits per heavy atom. The highest BCUT2D eigenvalue weighted by Crippen LogP contribution is 2.28. The molecule has 1 amide bonds. The number of hydrogen-bond acceptors (Lipinski definition) is 6. The second-order valence-corrected chi connectivity index (χ2v) is 7.41. The van der Waals surface area contributed by atoms with E-state index in [1.807, 2.05) is 30.3 Å². The molecule has 2 atom stereocenters. The van der Waals surface area contributed by atoms with Crippen molar-refractivity contribution in [3.8, 4) is 6.07 Å². The van der Waals surface area contributed by atoms with Gasteiger partial charge in [-0.2, -0.15) is 5.26 Å². The predicted molar refractivity (Wildman–Crippen MR) is 91.8 cm³/mol. The fourth-order valence-electron chi connectivity index (χ4n) is 2.06. The number of hydrogen-bond donors (Lipinski definition) is 1. The summed E-state index contributed by atoms with van der Waals surface area (Å²) >= 11 is 1.31. The van der Waals surface area contributed by atoms with Crippen LogP contribution in [0, 0.1) is 11.3 Å². The summed E-state index contributed by atoms with van der Waals surface area (Å²) in [6.07, 6.45) is -0.690. The van der Waals surface area contributed by atoms with Crippen LogP contribution in [0.4, 0.5) is 4.79 Å². The van der Waals surface area contributed by atoms with Gasteiger partial charge < -0.3 is 10.1 Å². The van der Waals surface area contributed by atoms with Crippen molar-refractivity contribution in [2.24, 2.45) is 0 Å². The molecule has 1 aromatic heterocycles. The predicted octanol–water partition coefficient (Wildman–Crippen LogP) is 3.39. The van der Waals surface area contributed by atoms with Crippen LogP contribution in [0.5, 0.6) is 0 Å². The summed E-state index contributed by atoms with van der Waals surface area (Å²) < 4.78 is 6.04. The van der Waals surface area contributed by atoms with E-state index in [9.17, 15) is 14.9 Å². The zero-order valence-corrected chi connectivity index (χ0v) is 14.8. The van der Waals surface area contributed by atoms with Gasteiger partial charge in [0.1, 0.15) is 10.6 Å². The number of nitrogens with one attached hydrogen (secondary N) is 1. The van der Waals surface area contributed by atoms with Crippen LogP contribution in [-0.2, 0) is 9.53 Å². The molecule has 0 saturated heterocycles. The number of thiazole rings is 1. The number of nitriles is 1. The Balaban J connectivity index is 2.13. The van der Waals surface area contributed by atoms with E-state index in [1.54, 1.807) is 20.8 Å². The Morgan fingerprint density at radius 1 is 1.33 bits per heavy atom. The first-order valence-corrected chi connectivity index (χ1v) is 8.31. The lowest BCUT2D eigenvalue weighted by atomic mass is 10.0. The summed E-state index contributed by atoms with van der Waals surface area (Å²) in [5.74, 6) is -1.44. The average Bonchev–Trinajstić information content (AvgIpc) is 2.89. The molecule has 24 heavy (non-hydrogen) atoms. The van der Waals surface area contributed by atoms with Crippen molar-refractivity contribution in [1.82, 2.24) is 10.3 Å². The van der Waals surface area contributed by atoms with Crippen LogP contribution >= 0.6 is 11.3 Å². The minimum absolute atomic E-state index is 0.414. The lowest BCUT2D eigenvalue weighted by Gasteiger charge is -2.22. The maximum absolute atomic E-state index is 12.5. The van der Waals surface area contributed by atoms with Gasteiger partial charge in [-0.05, 0) is 39.8 Å². The number of aromatic nitrogens is 1. The number of ketones is 1. The number of alkyl carbamates (subject to hydrolysis) is 1. The van der Waals surface area contributed by atoms with E-state index in [2.05, 4.69) is 10.3 Å². The van der Waals surface area contributed by atoms with Gasteiger partial charge in [-0.15, -0.1) is 11.3 Å². The second kappa shape index (κ2) is 6.97.